The molecule has 0 unspecified atom stereocenters. The normalized spacial score (nSPS) is 14.4. The van der Waals surface area contributed by atoms with Crippen molar-refractivity contribution >= 4 is 11.8 Å². The van der Waals surface area contributed by atoms with Gasteiger partial charge in [0, 0.05) is 17.8 Å². The molecule has 0 fully saturated rings. The molecule has 0 spiro atoms. The Balaban J connectivity index is 2.01. The summed E-state index contributed by atoms with van der Waals surface area (Å²) >= 11 is 0. The Labute approximate surface area is 160 Å². The van der Waals surface area contributed by atoms with Crippen LogP contribution in [0.5, 0.6) is 23.0 Å². The summed E-state index contributed by atoms with van der Waals surface area (Å²) in [5.74, 6) is 2.19. The molecule has 0 aromatic heterocycles. The van der Waals surface area contributed by atoms with Crippen LogP contribution in [0.4, 0.5) is 0 Å². The van der Waals surface area contributed by atoms with Gasteiger partial charge in [-0.3, -0.25) is 0 Å². The number of hydrogen-bond acceptors (Lipinski definition) is 5. The van der Waals surface area contributed by atoms with Gasteiger partial charge in [-0.25, -0.2) is 0 Å². The molecule has 5 heteroatoms. The number of nitrogens with one attached hydrogen (secondary N) is 1. The third-order valence-corrected chi connectivity index (χ3v) is 4.36. The van der Waals surface area contributed by atoms with E-state index in [9.17, 15) is 5.11 Å². The lowest BCUT2D eigenvalue weighted by molar-refractivity contribution is 0.287. The molecule has 0 aliphatic carbocycles. The molecule has 0 amide bonds. The molecule has 27 heavy (non-hydrogen) atoms. The summed E-state index contributed by atoms with van der Waals surface area (Å²) in [5, 5.41) is 13.4. The van der Waals surface area contributed by atoms with E-state index in [-0.39, 0.29) is 5.75 Å². The standard InChI is InChI=1S/C22H27NO4/c1-4-25-20-12-15(7-8-19(20)24)11-18-17-14-22(27-6-3)21(26-5-2)13-16(17)9-10-23-18/h7-8,11-14,23-24H,4-6,9-10H2,1-3H3/b18-11-. The molecule has 5 nitrogen and oxygen atoms in total. The third-order valence-electron chi connectivity index (χ3n) is 4.36. The fourth-order valence-electron chi connectivity index (χ4n) is 3.21. The van der Waals surface area contributed by atoms with Crippen LogP contribution in [0.25, 0.3) is 11.8 Å². The van der Waals surface area contributed by atoms with Gasteiger partial charge in [-0.2, -0.15) is 0 Å². The Hall–Kier alpha value is -2.82. The molecule has 1 heterocycles. The highest BCUT2D eigenvalue weighted by molar-refractivity contribution is 5.84. The predicted molar refractivity (Wildman–Crippen MR) is 108 cm³/mol. The van der Waals surface area contributed by atoms with Crippen LogP contribution in [0.1, 0.15) is 37.5 Å². The molecule has 1 aliphatic rings. The van der Waals surface area contributed by atoms with Gasteiger partial charge in [-0.15, -0.1) is 0 Å². The van der Waals surface area contributed by atoms with E-state index in [0.29, 0.717) is 25.6 Å². The first-order valence-corrected chi connectivity index (χ1v) is 9.50. The van der Waals surface area contributed by atoms with Crippen LogP contribution in [0.2, 0.25) is 0 Å². The van der Waals surface area contributed by atoms with Crippen molar-refractivity contribution in [3.05, 3.63) is 47.0 Å². The molecule has 2 aromatic rings. The molecule has 3 rings (SSSR count). The number of fused-ring (bicyclic) bond motifs is 1. The first-order chi connectivity index (χ1) is 13.2. The van der Waals surface area contributed by atoms with Gasteiger partial charge < -0.3 is 24.6 Å². The van der Waals surface area contributed by atoms with E-state index < -0.39 is 0 Å². The molecule has 2 aromatic carbocycles. The summed E-state index contributed by atoms with van der Waals surface area (Å²) in [4.78, 5) is 0. The van der Waals surface area contributed by atoms with Crippen molar-refractivity contribution in [3.8, 4) is 23.0 Å². The maximum atomic E-state index is 9.91. The van der Waals surface area contributed by atoms with Crippen molar-refractivity contribution in [1.29, 1.82) is 0 Å². The summed E-state index contributed by atoms with van der Waals surface area (Å²) in [6.07, 6.45) is 2.99. The number of rotatable bonds is 7. The molecule has 144 valence electrons. The van der Waals surface area contributed by atoms with Crippen molar-refractivity contribution < 1.29 is 19.3 Å². The first-order valence-electron chi connectivity index (χ1n) is 9.50. The minimum Gasteiger partial charge on any atom is -0.504 e. The Morgan fingerprint density at radius 2 is 1.59 bits per heavy atom. The molecular formula is C22H27NO4. The number of benzene rings is 2. The zero-order chi connectivity index (χ0) is 19.2. The lowest BCUT2D eigenvalue weighted by Crippen LogP contribution is -2.22. The lowest BCUT2D eigenvalue weighted by atomic mass is 9.96. The summed E-state index contributed by atoms with van der Waals surface area (Å²) in [5.41, 5.74) is 4.32. The Morgan fingerprint density at radius 1 is 0.926 bits per heavy atom. The van der Waals surface area contributed by atoms with Crippen LogP contribution in [0.15, 0.2) is 30.3 Å². The Kier molecular flexibility index (Phi) is 6.12. The van der Waals surface area contributed by atoms with Crippen molar-refractivity contribution in [2.75, 3.05) is 26.4 Å². The van der Waals surface area contributed by atoms with Crippen LogP contribution < -0.4 is 19.5 Å². The Bertz CT molecular complexity index is 829. The molecule has 1 aliphatic heterocycles. The summed E-state index contributed by atoms with van der Waals surface area (Å²) < 4.78 is 17.0. The lowest BCUT2D eigenvalue weighted by Gasteiger charge is -2.24. The van der Waals surface area contributed by atoms with E-state index in [2.05, 4.69) is 17.5 Å². The SMILES string of the molecule is CCOc1cc(/C=C2\NCCc3cc(OCC)c(OCC)cc32)ccc1O. The van der Waals surface area contributed by atoms with Gasteiger partial charge in [0.2, 0.25) is 0 Å². The van der Waals surface area contributed by atoms with E-state index in [1.807, 2.05) is 39.0 Å². The summed E-state index contributed by atoms with van der Waals surface area (Å²) in [6, 6.07) is 9.51. The number of aromatic hydroxyl groups is 1. The molecular weight excluding hydrogens is 342 g/mol. The van der Waals surface area contributed by atoms with Crippen LogP contribution in [0, 0.1) is 0 Å². The van der Waals surface area contributed by atoms with E-state index in [1.54, 1.807) is 6.07 Å². The number of phenols is 1. The van der Waals surface area contributed by atoms with E-state index in [0.717, 1.165) is 41.3 Å². The Morgan fingerprint density at radius 3 is 2.30 bits per heavy atom. The van der Waals surface area contributed by atoms with Gasteiger partial charge in [0.25, 0.3) is 0 Å². The topological polar surface area (TPSA) is 60.0 Å². The van der Waals surface area contributed by atoms with Crippen molar-refractivity contribution in [2.45, 2.75) is 27.2 Å². The predicted octanol–water partition coefficient (Wildman–Crippen LogP) is 4.23. The van der Waals surface area contributed by atoms with Gasteiger partial charge in [0.1, 0.15) is 0 Å². The van der Waals surface area contributed by atoms with Crippen molar-refractivity contribution in [2.24, 2.45) is 0 Å². The second-order valence-corrected chi connectivity index (χ2v) is 6.22. The van der Waals surface area contributed by atoms with Gasteiger partial charge in [-0.05, 0) is 68.7 Å². The third kappa shape index (κ3) is 4.30. The average Bonchev–Trinajstić information content (AvgIpc) is 2.66. The van der Waals surface area contributed by atoms with Crippen LogP contribution in [-0.2, 0) is 6.42 Å². The first kappa shape index (κ1) is 19.0. The fourth-order valence-corrected chi connectivity index (χ4v) is 3.21. The maximum Gasteiger partial charge on any atom is 0.161 e. The van der Waals surface area contributed by atoms with Crippen molar-refractivity contribution in [1.82, 2.24) is 5.32 Å². The van der Waals surface area contributed by atoms with Crippen LogP contribution in [-0.4, -0.2) is 31.5 Å². The zero-order valence-corrected chi connectivity index (χ0v) is 16.2. The largest absolute Gasteiger partial charge is 0.504 e. The summed E-state index contributed by atoms with van der Waals surface area (Å²) in [7, 11) is 0. The quantitative estimate of drug-likeness (QED) is 0.765. The molecule has 0 atom stereocenters. The highest BCUT2D eigenvalue weighted by Crippen LogP contribution is 2.36. The number of ether oxygens (including phenoxy) is 3. The fraction of sp³-hybridized carbons (Fsp3) is 0.364. The number of hydrogen-bond donors (Lipinski definition) is 2. The molecule has 0 radical (unpaired) electrons. The second kappa shape index (κ2) is 8.71. The van der Waals surface area contributed by atoms with E-state index >= 15 is 0 Å². The minimum atomic E-state index is 0.149. The highest BCUT2D eigenvalue weighted by Gasteiger charge is 2.18. The second-order valence-electron chi connectivity index (χ2n) is 6.22. The van der Waals surface area contributed by atoms with Gasteiger partial charge in [0.15, 0.2) is 23.0 Å². The van der Waals surface area contributed by atoms with Gasteiger partial charge in [-0.1, -0.05) is 6.07 Å². The highest BCUT2D eigenvalue weighted by atomic mass is 16.5. The van der Waals surface area contributed by atoms with Gasteiger partial charge in [0.05, 0.1) is 19.8 Å². The molecule has 0 saturated heterocycles. The van der Waals surface area contributed by atoms with Crippen molar-refractivity contribution in [3.63, 3.8) is 0 Å². The molecule has 0 saturated carbocycles. The monoisotopic (exact) mass is 369 g/mol. The average molecular weight is 369 g/mol. The smallest absolute Gasteiger partial charge is 0.161 e. The van der Waals surface area contributed by atoms with Crippen LogP contribution in [0.3, 0.4) is 0 Å². The van der Waals surface area contributed by atoms with E-state index in [4.69, 9.17) is 14.2 Å². The minimum absolute atomic E-state index is 0.149. The summed E-state index contributed by atoms with van der Waals surface area (Å²) in [6.45, 7) is 8.39. The molecule has 2 N–H and O–H groups in total. The van der Waals surface area contributed by atoms with E-state index in [1.165, 1.54) is 5.56 Å². The van der Waals surface area contributed by atoms with Gasteiger partial charge >= 0.3 is 0 Å². The zero-order valence-electron chi connectivity index (χ0n) is 16.2. The molecule has 0 bridgehead atoms. The number of phenolic OH excluding ortho intramolecular Hbond substituents is 1. The van der Waals surface area contributed by atoms with Crippen LogP contribution >= 0.6 is 0 Å². The maximum absolute atomic E-state index is 9.91.